The first-order chi connectivity index (χ1) is 3.31. The number of carbonyl (C=O) groups is 1. The molecule has 0 aliphatic heterocycles. The van der Waals surface area contributed by atoms with Crippen molar-refractivity contribution in [3.8, 4) is 0 Å². The van der Waals surface area contributed by atoms with Gasteiger partial charge < -0.3 is 4.74 Å². The zero-order valence-electron chi connectivity index (χ0n) is 5.02. The fourth-order valence-corrected chi connectivity index (χ4v) is 0.201. The van der Waals surface area contributed by atoms with Crippen LogP contribution in [0, 0.1) is 0 Å². The average Bonchev–Trinajstić information content (AvgIpc) is 1.68. The van der Waals surface area contributed by atoms with Crippen LogP contribution in [0.5, 0.6) is 0 Å². The Bertz CT molecular complexity index is 80.5. The SMILES string of the molecule is C=CC(=O)OCC.[SnH2]. The summed E-state index contributed by atoms with van der Waals surface area (Å²) in [4.78, 5) is 10.1. The topological polar surface area (TPSA) is 26.3 Å². The molecule has 0 saturated heterocycles. The van der Waals surface area contributed by atoms with Crippen molar-refractivity contribution in [2.75, 3.05) is 6.61 Å². The van der Waals surface area contributed by atoms with E-state index in [2.05, 4.69) is 11.3 Å². The Morgan fingerprint density at radius 3 is 2.50 bits per heavy atom. The third-order valence-corrected chi connectivity index (χ3v) is 0.453. The summed E-state index contributed by atoms with van der Waals surface area (Å²) in [5.41, 5.74) is 0. The Morgan fingerprint density at radius 2 is 2.38 bits per heavy atom. The summed E-state index contributed by atoms with van der Waals surface area (Å²) in [7, 11) is 0. The van der Waals surface area contributed by atoms with Gasteiger partial charge in [0.25, 0.3) is 0 Å². The molecule has 0 rings (SSSR count). The van der Waals surface area contributed by atoms with Gasteiger partial charge in [-0.15, -0.1) is 0 Å². The van der Waals surface area contributed by atoms with Gasteiger partial charge in [-0.05, 0) is 6.92 Å². The van der Waals surface area contributed by atoms with E-state index in [4.69, 9.17) is 0 Å². The van der Waals surface area contributed by atoms with Crippen molar-refractivity contribution in [2.24, 2.45) is 0 Å². The van der Waals surface area contributed by atoms with Crippen LogP contribution in [0.15, 0.2) is 12.7 Å². The van der Waals surface area contributed by atoms with Crippen LogP contribution < -0.4 is 0 Å². The van der Waals surface area contributed by atoms with Gasteiger partial charge in [-0.1, -0.05) is 6.58 Å². The van der Waals surface area contributed by atoms with Crippen LogP contribution in [-0.2, 0) is 9.53 Å². The average molecular weight is 221 g/mol. The molecular weight excluding hydrogens is 211 g/mol. The molecule has 46 valence electrons. The van der Waals surface area contributed by atoms with Crippen LogP contribution in [0.1, 0.15) is 6.92 Å². The zero-order chi connectivity index (χ0) is 5.70. The number of hydrogen-bond acceptors (Lipinski definition) is 2. The van der Waals surface area contributed by atoms with E-state index in [0.717, 1.165) is 6.08 Å². The molecule has 0 heterocycles. The summed E-state index contributed by atoms with van der Waals surface area (Å²) < 4.78 is 4.43. The van der Waals surface area contributed by atoms with Crippen molar-refractivity contribution in [1.29, 1.82) is 0 Å². The van der Waals surface area contributed by atoms with E-state index in [9.17, 15) is 4.79 Å². The van der Waals surface area contributed by atoms with Gasteiger partial charge in [0.05, 0.1) is 6.61 Å². The molecule has 0 N–H and O–H groups in total. The monoisotopic (exact) mass is 222 g/mol. The fraction of sp³-hybridized carbons (Fsp3) is 0.400. The van der Waals surface area contributed by atoms with Crippen molar-refractivity contribution in [2.45, 2.75) is 6.92 Å². The Balaban J connectivity index is 0. The second kappa shape index (κ2) is 7.01. The number of carbonyl (C=O) groups excluding carboxylic acids is 1. The molecule has 0 amide bonds. The standard InChI is InChI=1S/C5H8O2.Sn.2H/c1-3-5(6)7-4-2;;;/h3H,1,4H2,2H3;;;. The van der Waals surface area contributed by atoms with Gasteiger partial charge in [-0.3, -0.25) is 0 Å². The zero-order valence-corrected chi connectivity index (χ0v) is 9.05. The van der Waals surface area contributed by atoms with Gasteiger partial charge in [-0.2, -0.15) is 0 Å². The van der Waals surface area contributed by atoms with Gasteiger partial charge in [-0.25, -0.2) is 4.79 Å². The molecule has 0 aliphatic rings. The normalized spacial score (nSPS) is 6.62. The van der Waals surface area contributed by atoms with E-state index >= 15 is 0 Å². The van der Waals surface area contributed by atoms with Gasteiger partial charge in [0.2, 0.25) is 0 Å². The Morgan fingerprint density at radius 1 is 1.88 bits per heavy atom. The van der Waals surface area contributed by atoms with Crippen LogP contribution in [0.25, 0.3) is 0 Å². The van der Waals surface area contributed by atoms with Crippen LogP contribution in [-0.4, -0.2) is 36.5 Å². The Kier molecular flexibility index (Phi) is 9.55. The molecule has 0 bridgehead atoms. The molecular formula is C5H10O2Sn. The maximum atomic E-state index is 10.1. The van der Waals surface area contributed by atoms with Crippen molar-refractivity contribution in [1.82, 2.24) is 0 Å². The first-order valence-corrected chi connectivity index (χ1v) is 2.10. The number of esters is 1. The minimum atomic E-state index is -0.359. The molecule has 8 heavy (non-hydrogen) atoms. The summed E-state index contributed by atoms with van der Waals surface area (Å²) >= 11 is 0. The van der Waals surface area contributed by atoms with Crippen molar-refractivity contribution < 1.29 is 9.53 Å². The predicted molar refractivity (Wildman–Crippen MR) is 35.4 cm³/mol. The van der Waals surface area contributed by atoms with Gasteiger partial charge in [0, 0.05) is 6.08 Å². The molecule has 0 fully saturated rings. The number of hydrogen-bond donors (Lipinski definition) is 0. The number of ether oxygens (including phenoxy) is 1. The summed E-state index contributed by atoms with van der Waals surface area (Å²) in [6.07, 6.45) is 1.14. The minimum absolute atomic E-state index is 0. The Labute approximate surface area is 65.9 Å². The molecule has 0 aliphatic carbocycles. The van der Waals surface area contributed by atoms with Crippen LogP contribution in [0.2, 0.25) is 0 Å². The van der Waals surface area contributed by atoms with Gasteiger partial charge in [0.15, 0.2) is 0 Å². The van der Waals surface area contributed by atoms with E-state index < -0.39 is 0 Å². The quantitative estimate of drug-likeness (QED) is 0.367. The summed E-state index contributed by atoms with van der Waals surface area (Å²) in [5, 5.41) is 0. The van der Waals surface area contributed by atoms with Crippen molar-refractivity contribution in [3.05, 3.63) is 12.7 Å². The van der Waals surface area contributed by atoms with E-state index in [-0.39, 0.29) is 29.9 Å². The molecule has 0 atom stereocenters. The Hall–Kier alpha value is 0.00870. The molecule has 0 aromatic heterocycles. The fourth-order valence-electron chi connectivity index (χ4n) is 0.201. The molecule has 3 heteroatoms. The third-order valence-electron chi connectivity index (χ3n) is 0.453. The summed E-state index contributed by atoms with van der Waals surface area (Å²) in [6, 6.07) is 0. The molecule has 0 aromatic rings. The first-order valence-electron chi connectivity index (χ1n) is 2.10. The molecule has 0 spiro atoms. The molecule has 2 radical (unpaired) electrons. The summed E-state index contributed by atoms with van der Waals surface area (Å²) in [6.45, 7) is 5.38. The third kappa shape index (κ3) is 6.01. The first kappa shape index (κ1) is 10.9. The van der Waals surface area contributed by atoms with Gasteiger partial charge in [0.1, 0.15) is 0 Å². The number of rotatable bonds is 2. The van der Waals surface area contributed by atoms with E-state index in [0.29, 0.717) is 6.61 Å². The maximum absolute atomic E-state index is 10.1. The predicted octanol–water partition coefficient (Wildman–Crippen LogP) is -0.181. The summed E-state index contributed by atoms with van der Waals surface area (Å²) in [5.74, 6) is -0.359. The van der Waals surface area contributed by atoms with Crippen molar-refractivity contribution >= 4 is 29.9 Å². The van der Waals surface area contributed by atoms with E-state index in [1.165, 1.54) is 0 Å². The van der Waals surface area contributed by atoms with Gasteiger partial charge >= 0.3 is 29.9 Å². The van der Waals surface area contributed by atoms with E-state index in [1.54, 1.807) is 6.92 Å². The van der Waals surface area contributed by atoms with Crippen LogP contribution in [0.4, 0.5) is 0 Å². The van der Waals surface area contributed by atoms with E-state index in [1.807, 2.05) is 0 Å². The molecule has 0 aromatic carbocycles. The molecule has 0 saturated carbocycles. The molecule has 0 unspecified atom stereocenters. The van der Waals surface area contributed by atoms with Crippen LogP contribution >= 0.6 is 0 Å². The second-order valence-electron chi connectivity index (χ2n) is 0.956. The van der Waals surface area contributed by atoms with Crippen molar-refractivity contribution in [3.63, 3.8) is 0 Å². The molecule has 2 nitrogen and oxygen atoms in total. The van der Waals surface area contributed by atoms with Crippen LogP contribution in [0.3, 0.4) is 0 Å². The second-order valence-corrected chi connectivity index (χ2v) is 0.956.